The number of carboxylic acids is 1. The summed E-state index contributed by atoms with van der Waals surface area (Å²) in [6.07, 6.45) is -0.0346. The Balaban J connectivity index is 0.000000238. The van der Waals surface area contributed by atoms with Crippen LogP contribution in [0.1, 0.15) is 30.1 Å². The van der Waals surface area contributed by atoms with Gasteiger partial charge in [0.25, 0.3) is 0 Å². The fourth-order valence-corrected chi connectivity index (χ4v) is 1.64. The fraction of sp³-hybridized carbons (Fsp3) is 0.167. The van der Waals surface area contributed by atoms with Gasteiger partial charge in [-0.25, -0.2) is 0 Å². The van der Waals surface area contributed by atoms with E-state index in [1.165, 1.54) is 6.92 Å². The molecule has 23 heavy (non-hydrogen) atoms. The number of aliphatic carboxylic acids is 1. The highest BCUT2D eigenvalue weighted by atomic mass is 16.5. The Hall–Kier alpha value is -2.95. The Bertz CT molecular complexity index is 635. The number of Topliss-reactive ketones (excluding diaryl/α,β-unsaturated/α-hetero) is 1. The lowest BCUT2D eigenvalue weighted by Gasteiger charge is -1.97. The summed E-state index contributed by atoms with van der Waals surface area (Å²) in [6.45, 7) is 1.38. The van der Waals surface area contributed by atoms with Gasteiger partial charge in [0.05, 0.1) is 6.42 Å². The summed E-state index contributed by atoms with van der Waals surface area (Å²) in [4.78, 5) is 31.9. The van der Waals surface area contributed by atoms with Crippen molar-refractivity contribution in [3.05, 3.63) is 66.2 Å². The van der Waals surface area contributed by atoms with Crippen LogP contribution in [0.4, 0.5) is 0 Å². The number of para-hydroxylation sites is 1. The SMILES string of the molecule is CC(=O)Oc1ccccc1.O=C(O)CCC(=O)c1ccccc1. The average molecular weight is 314 g/mol. The molecule has 120 valence electrons. The largest absolute Gasteiger partial charge is 0.481 e. The van der Waals surface area contributed by atoms with Gasteiger partial charge in [-0.2, -0.15) is 0 Å². The molecule has 0 fully saturated rings. The molecule has 0 amide bonds. The normalized spacial score (nSPS) is 9.26. The zero-order valence-electron chi connectivity index (χ0n) is 12.8. The van der Waals surface area contributed by atoms with Gasteiger partial charge >= 0.3 is 11.9 Å². The van der Waals surface area contributed by atoms with Crippen LogP contribution >= 0.6 is 0 Å². The van der Waals surface area contributed by atoms with E-state index >= 15 is 0 Å². The second-order valence-corrected chi connectivity index (χ2v) is 4.59. The lowest BCUT2D eigenvalue weighted by molar-refractivity contribution is -0.137. The summed E-state index contributed by atoms with van der Waals surface area (Å²) in [7, 11) is 0. The van der Waals surface area contributed by atoms with Gasteiger partial charge in [-0.1, -0.05) is 48.5 Å². The van der Waals surface area contributed by atoms with E-state index < -0.39 is 5.97 Å². The summed E-state index contributed by atoms with van der Waals surface area (Å²) < 4.78 is 4.78. The molecule has 0 unspecified atom stereocenters. The van der Waals surface area contributed by atoms with Crippen molar-refractivity contribution in [3.8, 4) is 5.75 Å². The molecule has 0 saturated heterocycles. The van der Waals surface area contributed by atoms with E-state index in [9.17, 15) is 14.4 Å². The molecule has 5 nitrogen and oxygen atoms in total. The topological polar surface area (TPSA) is 80.7 Å². The first kappa shape index (κ1) is 18.1. The second kappa shape index (κ2) is 9.89. The zero-order valence-corrected chi connectivity index (χ0v) is 12.8. The minimum Gasteiger partial charge on any atom is -0.481 e. The molecule has 0 heterocycles. The number of carboxylic acid groups (broad SMARTS) is 1. The third-order valence-corrected chi connectivity index (χ3v) is 2.67. The van der Waals surface area contributed by atoms with Gasteiger partial charge < -0.3 is 9.84 Å². The van der Waals surface area contributed by atoms with Gasteiger partial charge in [0.1, 0.15) is 5.75 Å². The number of carbonyl (C=O) groups excluding carboxylic acids is 2. The van der Waals surface area contributed by atoms with E-state index in [0.717, 1.165) is 0 Å². The van der Waals surface area contributed by atoms with Crippen LogP contribution in [-0.2, 0) is 9.59 Å². The van der Waals surface area contributed by atoms with E-state index in [1.807, 2.05) is 24.3 Å². The Morgan fingerprint density at radius 2 is 1.39 bits per heavy atom. The zero-order chi connectivity index (χ0) is 17.1. The van der Waals surface area contributed by atoms with Crippen LogP contribution in [0.3, 0.4) is 0 Å². The van der Waals surface area contributed by atoms with E-state index in [0.29, 0.717) is 11.3 Å². The lowest BCUT2D eigenvalue weighted by atomic mass is 10.1. The van der Waals surface area contributed by atoms with Crippen molar-refractivity contribution >= 4 is 17.7 Å². The molecule has 5 heteroatoms. The molecule has 0 aromatic heterocycles. The third kappa shape index (κ3) is 8.16. The quantitative estimate of drug-likeness (QED) is 0.520. The van der Waals surface area contributed by atoms with E-state index in [-0.39, 0.29) is 24.6 Å². The second-order valence-electron chi connectivity index (χ2n) is 4.59. The molecular formula is C18H18O5. The van der Waals surface area contributed by atoms with Crippen molar-refractivity contribution in [2.45, 2.75) is 19.8 Å². The van der Waals surface area contributed by atoms with Crippen molar-refractivity contribution in [3.63, 3.8) is 0 Å². The van der Waals surface area contributed by atoms with Gasteiger partial charge in [0, 0.05) is 18.9 Å². The third-order valence-electron chi connectivity index (χ3n) is 2.67. The molecule has 0 aliphatic heterocycles. The van der Waals surface area contributed by atoms with Crippen LogP contribution in [0.15, 0.2) is 60.7 Å². The maximum absolute atomic E-state index is 11.3. The molecule has 0 bridgehead atoms. The Kier molecular flexibility index (Phi) is 7.78. The number of ketones is 1. The predicted molar refractivity (Wildman–Crippen MR) is 85.4 cm³/mol. The minimum absolute atomic E-state index is 0.0688. The van der Waals surface area contributed by atoms with Crippen molar-refractivity contribution < 1.29 is 24.2 Å². The standard InChI is InChI=1S/C10H10O3.C8H8O2/c11-9(6-7-10(12)13)8-4-2-1-3-5-8;1-7(9)10-8-5-3-2-4-6-8/h1-5H,6-7H2,(H,12,13);2-6H,1H3. The monoisotopic (exact) mass is 314 g/mol. The Morgan fingerprint density at radius 1 is 0.870 bits per heavy atom. The van der Waals surface area contributed by atoms with Crippen molar-refractivity contribution in [2.24, 2.45) is 0 Å². The highest BCUT2D eigenvalue weighted by molar-refractivity contribution is 5.97. The number of esters is 1. The summed E-state index contributed by atoms with van der Waals surface area (Å²) in [5.74, 6) is -0.756. The Labute approximate surface area is 134 Å². The summed E-state index contributed by atoms with van der Waals surface area (Å²) >= 11 is 0. The highest BCUT2D eigenvalue weighted by Gasteiger charge is 2.06. The van der Waals surface area contributed by atoms with Crippen molar-refractivity contribution in [2.75, 3.05) is 0 Å². The molecular weight excluding hydrogens is 296 g/mol. The van der Waals surface area contributed by atoms with E-state index in [4.69, 9.17) is 9.84 Å². The molecule has 2 aromatic carbocycles. The summed E-state index contributed by atoms with van der Waals surface area (Å²) in [5.41, 5.74) is 0.573. The molecule has 2 rings (SSSR count). The van der Waals surface area contributed by atoms with Gasteiger partial charge in [-0.3, -0.25) is 14.4 Å². The van der Waals surface area contributed by atoms with Crippen molar-refractivity contribution in [1.29, 1.82) is 0 Å². The fourth-order valence-electron chi connectivity index (χ4n) is 1.64. The lowest BCUT2D eigenvalue weighted by Crippen LogP contribution is -2.03. The highest BCUT2D eigenvalue weighted by Crippen LogP contribution is 2.07. The van der Waals surface area contributed by atoms with Crippen LogP contribution in [0.5, 0.6) is 5.75 Å². The molecule has 1 N–H and O–H groups in total. The number of carbonyl (C=O) groups is 3. The Morgan fingerprint density at radius 3 is 1.87 bits per heavy atom. The molecule has 2 aromatic rings. The minimum atomic E-state index is -0.940. The van der Waals surface area contributed by atoms with Crippen molar-refractivity contribution in [1.82, 2.24) is 0 Å². The first-order chi connectivity index (χ1) is 11.0. The van der Waals surface area contributed by atoms with Crippen LogP contribution in [-0.4, -0.2) is 22.8 Å². The van der Waals surface area contributed by atoms with Gasteiger partial charge in [0.15, 0.2) is 5.78 Å². The number of hydrogen-bond acceptors (Lipinski definition) is 4. The summed E-state index contributed by atoms with van der Waals surface area (Å²) in [6, 6.07) is 17.7. The van der Waals surface area contributed by atoms with Gasteiger partial charge in [0.2, 0.25) is 0 Å². The number of benzene rings is 2. The van der Waals surface area contributed by atoms with Gasteiger partial charge in [-0.15, -0.1) is 0 Å². The molecule has 0 atom stereocenters. The average Bonchev–Trinajstić information content (AvgIpc) is 2.54. The molecule has 0 saturated carbocycles. The van der Waals surface area contributed by atoms with E-state index in [2.05, 4.69) is 0 Å². The number of hydrogen-bond donors (Lipinski definition) is 1. The maximum Gasteiger partial charge on any atom is 0.308 e. The van der Waals surface area contributed by atoms with Crippen LogP contribution in [0, 0.1) is 0 Å². The van der Waals surface area contributed by atoms with Crippen LogP contribution in [0.2, 0.25) is 0 Å². The van der Waals surface area contributed by atoms with E-state index in [1.54, 1.807) is 36.4 Å². The molecule has 0 spiro atoms. The molecule has 0 aliphatic rings. The van der Waals surface area contributed by atoms with Crippen LogP contribution < -0.4 is 4.74 Å². The molecule has 0 aliphatic carbocycles. The summed E-state index contributed by atoms with van der Waals surface area (Å²) in [5, 5.41) is 8.36. The first-order valence-corrected chi connectivity index (χ1v) is 7.02. The number of rotatable bonds is 5. The van der Waals surface area contributed by atoms with Gasteiger partial charge in [-0.05, 0) is 12.1 Å². The first-order valence-electron chi connectivity index (χ1n) is 7.02. The smallest absolute Gasteiger partial charge is 0.308 e. The van der Waals surface area contributed by atoms with Crippen LogP contribution in [0.25, 0.3) is 0 Å². The maximum atomic E-state index is 11.3. The number of ether oxygens (including phenoxy) is 1. The predicted octanol–water partition coefficient (Wildman–Crippen LogP) is 3.35. The molecule has 0 radical (unpaired) electrons.